The second kappa shape index (κ2) is 11.4. The monoisotopic (exact) mass is 518 g/mol. The average molecular weight is 519 g/mol. The number of rotatable bonds is 8. The summed E-state index contributed by atoms with van der Waals surface area (Å²) in [6, 6.07) is 20.5. The molecule has 1 heterocycles. The molecule has 4 rings (SSSR count). The van der Waals surface area contributed by atoms with Crippen LogP contribution in [-0.4, -0.2) is 29.3 Å². The van der Waals surface area contributed by atoms with Crippen LogP contribution in [0.2, 0.25) is 0 Å². The number of nitrogens with zero attached hydrogens (tertiary/aromatic N) is 1. The Balaban J connectivity index is 1.49. The number of hydrogen-bond acceptors (Lipinski definition) is 6. The number of ether oxygens (including phenoxy) is 2. The first-order chi connectivity index (χ1) is 17.4. The van der Waals surface area contributed by atoms with Crippen molar-refractivity contribution in [3.05, 3.63) is 88.3 Å². The summed E-state index contributed by atoms with van der Waals surface area (Å²) < 4.78 is 12.0. The number of thioether (sulfide) groups is 1. The number of nitrogens with one attached hydrogen (secondary N) is 1. The van der Waals surface area contributed by atoms with Gasteiger partial charge in [0.2, 0.25) is 0 Å². The summed E-state index contributed by atoms with van der Waals surface area (Å²) in [6.45, 7) is 6.01. The number of carbonyl (C=O) groups is 2. The fourth-order valence-electron chi connectivity index (χ4n) is 3.69. The van der Waals surface area contributed by atoms with Crippen molar-refractivity contribution in [3.63, 3.8) is 0 Å². The number of anilines is 2. The van der Waals surface area contributed by atoms with Gasteiger partial charge in [-0.25, -0.2) is 0 Å². The van der Waals surface area contributed by atoms with Gasteiger partial charge in [0.25, 0.3) is 11.8 Å². The van der Waals surface area contributed by atoms with E-state index < -0.39 is 0 Å². The van der Waals surface area contributed by atoms with Crippen LogP contribution in [0.25, 0.3) is 6.08 Å². The molecule has 0 radical (unpaired) electrons. The predicted octanol–water partition coefficient (Wildman–Crippen LogP) is 6.13. The number of para-hydroxylation sites is 2. The van der Waals surface area contributed by atoms with Gasteiger partial charge in [-0.2, -0.15) is 0 Å². The molecule has 6 nitrogen and oxygen atoms in total. The van der Waals surface area contributed by atoms with E-state index in [0.717, 1.165) is 28.1 Å². The Hall–Kier alpha value is -3.62. The molecule has 0 saturated carbocycles. The van der Waals surface area contributed by atoms with Gasteiger partial charge in [0.15, 0.2) is 22.4 Å². The number of thiocarbonyl (C=S) groups is 1. The lowest BCUT2D eigenvalue weighted by atomic mass is 10.1. The highest BCUT2D eigenvalue weighted by Crippen LogP contribution is 2.38. The van der Waals surface area contributed by atoms with Crippen LogP contribution in [0.3, 0.4) is 0 Å². The van der Waals surface area contributed by atoms with E-state index in [9.17, 15) is 9.59 Å². The van der Waals surface area contributed by atoms with E-state index in [1.807, 2.05) is 75.4 Å². The maximum atomic E-state index is 13.2. The molecule has 0 unspecified atom stereocenters. The molecular weight excluding hydrogens is 492 g/mol. The molecule has 8 heteroatoms. The lowest BCUT2D eigenvalue weighted by molar-refractivity contribution is -0.118. The minimum absolute atomic E-state index is 0.162. The smallest absolute Gasteiger partial charge is 0.270 e. The maximum absolute atomic E-state index is 13.2. The Morgan fingerprint density at radius 3 is 2.44 bits per heavy atom. The first-order valence-electron chi connectivity index (χ1n) is 11.5. The van der Waals surface area contributed by atoms with Crippen molar-refractivity contribution in [2.24, 2.45) is 0 Å². The number of hydrogen-bond donors (Lipinski definition) is 1. The Morgan fingerprint density at radius 2 is 1.72 bits per heavy atom. The van der Waals surface area contributed by atoms with Crippen LogP contribution in [0.15, 0.2) is 71.6 Å². The number of benzene rings is 3. The zero-order valence-corrected chi connectivity index (χ0v) is 21.9. The average Bonchev–Trinajstić information content (AvgIpc) is 3.13. The summed E-state index contributed by atoms with van der Waals surface area (Å²) >= 11 is 6.76. The van der Waals surface area contributed by atoms with Crippen molar-refractivity contribution < 1.29 is 19.1 Å². The number of aryl methyl sites for hydroxylation is 2. The Labute approximate surface area is 220 Å². The first-order valence-corrected chi connectivity index (χ1v) is 12.7. The molecule has 1 aliphatic heterocycles. The first kappa shape index (κ1) is 25.5. The minimum Gasteiger partial charge on any atom is -0.490 e. The molecule has 0 atom stereocenters. The van der Waals surface area contributed by atoms with Gasteiger partial charge in [0, 0.05) is 5.69 Å². The number of amides is 2. The molecule has 1 fully saturated rings. The van der Waals surface area contributed by atoms with Gasteiger partial charge in [-0.1, -0.05) is 66.4 Å². The van der Waals surface area contributed by atoms with E-state index in [1.165, 1.54) is 11.8 Å². The number of carbonyl (C=O) groups excluding carboxylic acids is 2. The quantitative estimate of drug-likeness (QED) is 0.286. The van der Waals surface area contributed by atoms with E-state index in [2.05, 4.69) is 5.32 Å². The highest BCUT2D eigenvalue weighted by molar-refractivity contribution is 8.27. The highest BCUT2D eigenvalue weighted by Gasteiger charge is 2.34. The molecule has 1 saturated heterocycles. The third-order valence-electron chi connectivity index (χ3n) is 5.49. The summed E-state index contributed by atoms with van der Waals surface area (Å²) in [5, 5.41) is 2.85. The van der Waals surface area contributed by atoms with E-state index >= 15 is 0 Å². The third kappa shape index (κ3) is 5.78. The second-order valence-electron chi connectivity index (χ2n) is 8.09. The van der Waals surface area contributed by atoms with Crippen molar-refractivity contribution in [3.8, 4) is 11.5 Å². The van der Waals surface area contributed by atoms with Gasteiger partial charge in [0.1, 0.15) is 0 Å². The fourth-order valence-corrected chi connectivity index (χ4v) is 4.97. The molecule has 0 aliphatic carbocycles. The second-order valence-corrected chi connectivity index (χ2v) is 9.77. The van der Waals surface area contributed by atoms with E-state index in [-0.39, 0.29) is 18.4 Å². The topological polar surface area (TPSA) is 67.9 Å². The molecule has 3 aromatic rings. The zero-order chi connectivity index (χ0) is 25.7. The summed E-state index contributed by atoms with van der Waals surface area (Å²) in [5.41, 5.74) is 4.24. The van der Waals surface area contributed by atoms with Gasteiger partial charge in [-0.3, -0.25) is 14.5 Å². The van der Waals surface area contributed by atoms with Crippen molar-refractivity contribution in [2.45, 2.75) is 20.8 Å². The van der Waals surface area contributed by atoms with Crippen molar-refractivity contribution in [1.29, 1.82) is 0 Å². The Kier molecular flexibility index (Phi) is 8.07. The standard InChI is InChI=1S/C28H26N2O4S2/c1-4-33-24-15-20(13-14-23(24)34-17-26(31)29-21-11-7-5-9-18(21)2)16-25-27(32)30(28(35)36-25)22-12-8-6-10-19(22)3/h5-16H,4,17H2,1-3H3,(H,29,31)/b25-16+. The minimum atomic E-state index is -0.268. The van der Waals surface area contributed by atoms with Gasteiger partial charge < -0.3 is 14.8 Å². The largest absolute Gasteiger partial charge is 0.490 e. The summed E-state index contributed by atoms with van der Waals surface area (Å²) in [4.78, 5) is 27.6. The fraction of sp³-hybridized carbons (Fsp3) is 0.179. The van der Waals surface area contributed by atoms with Crippen molar-refractivity contribution in [1.82, 2.24) is 0 Å². The molecule has 184 valence electrons. The SMILES string of the molecule is CCOc1cc(/C=C2/SC(=S)N(c3ccccc3C)C2=O)ccc1OCC(=O)Nc1ccccc1C. The molecule has 3 aromatic carbocycles. The van der Waals surface area contributed by atoms with Crippen molar-refractivity contribution in [2.75, 3.05) is 23.4 Å². The zero-order valence-electron chi connectivity index (χ0n) is 20.2. The molecule has 0 aromatic heterocycles. The predicted molar refractivity (Wildman–Crippen MR) is 150 cm³/mol. The molecular formula is C28H26N2O4S2. The summed E-state index contributed by atoms with van der Waals surface area (Å²) in [7, 11) is 0. The molecule has 1 aliphatic rings. The molecule has 0 spiro atoms. The van der Waals surface area contributed by atoms with Gasteiger partial charge in [-0.05, 0) is 67.8 Å². The van der Waals surface area contributed by atoms with Gasteiger partial charge >= 0.3 is 0 Å². The van der Waals surface area contributed by atoms with E-state index in [4.69, 9.17) is 21.7 Å². The maximum Gasteiger partial charge on any atom is 0.270 e. The summed E-state index contributed by atoms with van der Waals surface area (Å²) in [5.74, 6) is 0.506. The van der Waals surface area contributed by atoms with Gasteiger partial charge in [-0.15, -0.1) is 0 Å². The molecule has 2 amide bonds. The van der Waals surface area contributed by atoms with Gasteiger partial charge in [0.05, 0.1) is 17.2 Å². The molecule has 1 N–H and O–H groups in total. The molecule has 0 bridgehead atoms. The van der Waals surface area contributed by atoms with Crippen LogP contribution in [0.4, 0.5) is 11.4 Å². The summed E-state index contributed by atoms with van der Waals surface area (Å²) in [6.07, 6.45) is 1.79. The van der Waals surface area contributed by atoms with Crippen molar-refractivity contribution >= 4 is 57.6 Å². The van der Waals surface area contributed by atoms with Crippen LogP contribution in [0.5, 0.6) is 11.5 Å². The third-order valence-corrected chi connectivity index (χ3v) is 6.80. The Morgan fingerprint density at radius 1 is 1.00 bits per heavy atom. The van der Waals surface area contributed by atoms with Crippen LogP contribution < -0.4 is 19.7 Å². The lowest BCUT2D eigenvalue weighted by Gasteiger charge is -2.16. The van der Waals surface area contributed by atoms with Crippen LogP contribution in [0, 0.1) is 13.8 Å². The lowest BCUT2D eigenvalue weighted by Crippen LogP contribution is -2.28. The molecule has 36 heavy (non-hydrogen) atoms. The Bertz CT molecular complexity index is 1350. The van der Waals surface area contributed by atoms with E-state index in [1.54, 1.807) is 23.1 Å². The highest BCUT2D eigenvalue weighted by atomic mass is 32.2. The van der Waals surface area contributed by atoms with Crippen LogP contribution in [0.1, 0.15) is 23.6 Å². The normalized spacial score (nSPS) is 14.3. The van der Waals surface area contributed by atoms with E-state index in [0.29, 0.717) is 27.3 Å². The van der Waals surface area contributed by atoms with Crippen LogP contribution in [-0.2, 0) is 9.59 Å². The van der Waals surface area contributed by atoms with Crippen LogP contribution >= 0.6 is 24.0 Å².